The van der Waals surface area contributed by atoms with Crippen LogP contribution in [-0.4, -0.2) is 32.7 Å². The number of carbonyl (C=O) groups is 1. The summed E-state index contributed by atoms with van der Waals surface area (Å²) in [5.74, 6) is 1.33. The van der Waals surface area contributed by atoms with Gasteiger partial charge in [0.1, 0.15) is 5.78 Å². The lowest BCUT2D eigenvalue weighted by Gasteiger charge is -2.13. The maximum atomic E-state index is 11.3. The number of ether oxygens (including phenoxy) is 2. The van der Waals surface area contributed by atoms with Gasteiger partial charge in [-0.25, -0.2) is 0 Å². The molecule has 2 atom stereocenters. The second kappa shape index (κ2) is 6.96. The van der Waals surface area contributed by atoms with E-state index in [1.807, 2.05) is 0 Å². The molecule has 0 saturated heterocycles. The van der Waals surface area contributed by atoms with Crippen LogP contribution < -0.4 is 0 Å². The van der Waals surface area contributed by atoms with Gasteiger partial charge in [0.2, 0.25) is 0 Å². The van der Waals surface area contributed by atoms with Gasteiger partial charge >= 0.3 is 0 Å². The van der Waals surface area contributed by atoms with Crippen LogP contribution in [-0.2, 0) is 14.3 Å². The fourth-order valence-corrected chi connectivity index (χ4v) is 2.15. The number of methoxy groups -OCH3 is 1. The first-order valence-corrected chi connectivity index (χ1v) is 5.85. The molecule has 1 saturated carbocycles. The van der Waals surface area contributed by atoms with E-state index in [4.69, 9.17) is 9.47 Å². The largest absolute Gasteiger partial charge is 0.382 e. The fraction of sp³-hybridized carbons (Fsp3) is 0.917. The number of hydrogen-bond acceptors (Lipinski definition) is 3. The average molecular weight is 214 g/mol. The lowest BCUT2D eigenvalue weighted by Crippen LogP contribution is -2.11. The minimum absolute atomic E-state index is 0.281. The van der Waals surface area contributed by atoms with Crippen molar-refractivity contribution in [3.05, 3.63) is 0 Å². The van der Waals surface area contributed by atoms with Crippen molar-refractivity contribution in [2.75, 3.05) is 26.9 Å². The Morgan fingerprint density at radius 2 is 2.13 bits per heavy atom. The molecule has 0 spiro atoms. The van der Waals surface area contributed by atoms with Crippen molar-refractivity contribution in [1.82, 2.24) is 0 Å². The lowest BCUT2D eigenvalue weighted by molar-refractivity contribution is -0.120. The first-order valence-electron chi connectivity index (χ1n) is 5.85. The van der Waals surface area contributed by atoms with Crippen LogP contribution in [0.25, 0.3) is 0 Å². The summed E-state index contributed by atoms with van der Waals surface area (Å²) in [4.78, 5) is 11.3. The van der Waals surface area contributed by atoms with E-state index in [9.17, 15) is 4.79 Å². The van der Waals surface area contributed by atoms with Crippen molar-refractivity contribution in [3.63, 3.8) is 0 Å². The Kier molecular flexibility index (Phi) is 5.88. The monoisotopic (exact) mass is 214 g/mol. The Morgan fingerprint density at radius 3 is 2.73 bits per heavy atom. The topological polar surface area (TPSA) is 35.5 Å². The first kappa shape index (κ1) is 12.7. The highest BCUT2D eigenvalue weighted by atomic mass is 16.5. The summed E-state index contributed by atoms with van der Waals surface area (Å²) >= 11 is 0. The van der Waals surface area contributed by atoms with Crippen molar-refractivity contribution in [2.45, 2.75) is 32.6 Å². The fourth-order valence-electron chi connectivity index (χ4n) is 2.15. The molecule has 0 aromatic carbocycles. The third-order valence-electron chi connectivity index (χ3n) is 3.27. The second-order valence-corrected chi connectivity index (χ2v) is 4.30. The van der Waals surface area contributed by atoms with Gasteiger partial charge in [0.05, 0.1) is 13.2 Å². The summed E-state index contributed by atoms with van der Waals surface area (Å²) in [6.45, 7) is 4.19. The molecule has 0 N–H and O–H groups in total. The Hall–Kier alpha value is -0.410. The maximum Gasteiger partial charge on any atom is 0.135 e. The second-order valence-electron chi connectivity index (χ2n) is 4.30. The zero-order chi connectivity index (χ0) is 11.1. The van der Waals surface area contributed by atoms with Gasteiger partial charge in [-0.15, -0.1) is 0 Å². The van der Waals surface area contributed by atoms with E-state index in [1.165, 1.54) is 0 Å². The highest BCUT2D eigenvalue weighted by Gasteiger charge is 2.29. The van der Waals surface area contributed by atoms with Crippen LogP contribution in [0.1, 0.15) is 32.6 Å². The predicted octanol–water partition coefficient (Wildman–Crippen LogP) is 2.04. The molecule has 15 heavy (non-hydrogen) atoms. The Morgan fingerprint density at radius 1 is 1.33 bits per heavy atom. The van der Waals surface area contributed by atoms with Crippen molar-refractivity contribution >= 4 is 5.78 Å². The van der Waals surface area contributed by atoms with Gasteiger partial charge in [-0.05, 0) is 25.2 Å². The van der Waals surface area contributed by atoms with Gasteiger partial charge in [0, 0.05) is 26.1 Å². The molecule has 0 heterocycles. The van der Waals surface area contributed by atoms with E-state index in [2.05, 4.69) is 6.92 Å². The van der Waals surface area contributed by atoms with Crippen LogP contribution in [0.2, 0.25) is 0 Å². The van der Waals surface area contributed by atoms with Crippen LogP contribution in [0.15, 0.2) is 0 Å². The maximum absolute atomic E-state index is 11.3. The van der Waals surface area contributed by atoms with Crippen LogP contribution in [0.3, 0.4) is 0 Å². The number of hydrogen-bond donors (Lipinski definition) is 0. The summed E-state index contributed by atoms with van der Waals surface area (Å²) in [7, 11) is 1.68. The number of rotatable bonds is 7. The molecular weight excluding hydrogens is 192 g/mol. The summed E-state index contributed by atoms with van der Waals surface area (Å²) < 4.78 is 10.3. The molecule has 3 nitrogen and oxygen atoms in total. The van der Waals surface area contributed by atoms with Gasteiger partial charge in [0.15, 0.2) is 0 Å². The van der Waals surface area contributed by atoms with E-state index < -0.39 is 0 Å². The van der Waals surface area contributed by atoms with Crippen molar-refractivity contribution in [3.8, 4) is 0 Å². The average Bonchev–Trinajstić information content (AvgIpc) is 2.54. The van der Waals surface area contributed by atoms with Crippen LogP contribution in [0.4, 0.5) is 0 Å². The molecule has 0 amide bonds. The number of carbonyl (C=O) groups excluding carboxylic acids is 1. The predicted molar refractivity (Wildman–Crippen MR) is 58.8 cm³/mol. The third kappa shape index (κ3) is 4.31. The van der Waals surface area contributed by atoms with Gasteiger partial charge in [-0.2, -0.15) is 0 Å². The van der Waals surface area contributed by atoms with E-state index in [1.54, 1.807) is 7.11 Å². The van der Waals surface area contributed by atoms with Crippen LogP contribution >= 0.6 is 0 Å². The zero-order valence-electron chi connectivity index (χ0n) is 9.83. The molecule has 0 radical (unpaired) electrons. The highest BCUT2D eigenvalue weighted by Crippen LogP contribution is 2.31. The quantitative estimate of drug-likeness (QED) is 0.608. The summed E-state index contributed by atoms with van der Waals surface area (Å²) in [5.41, 5.74) is 0. The molecule has 1 aliphatic rings. The zero-order valence-corrected chi connectivity index (χ0v) is 9.83. The number of Topliss-reactive ketones (excluding diaryl/α,β-unsaturated/α-hetero) is 1. The molecular formula is C12H22O3. The molecule has 0 aromatic heterocycles. The molecule has 0 bridgehead atoms. The SMILES string of the molecule is COCCOCCCC1CCC(=O)C1C. The Balaban J connectivity index is 1.98. The molecule has 88 valence electrons. The summed E-state index contributed by atoms with van der Waals surface area (Å²) in [6, 6.07) is 0. The Labute approximate surface area is 92.1 Å². The molecule has 1 aliphatic carbocycles. The van der Waals surface area contributed by atoms with E-state index in [0.717, 1.165) is 32.3 Å². The van der Waals surface area contributed by atoms with E-state index in [0.29, 0.717) is 24.9 Å². The summed E-state index contributed by atoms with van der Waals surface area (Å²) in [6.07, 6.45) is 4.06. The molecule has 0 aliphatic heterocycles. The normalized spacial score (nSPS) is 26.1. The van der Waals surface area contributed by atoms with Crippen LogP contribution in [0.5, 0.6) is 0 Å². The van der Waals surface area contributed by atoms with Gasteiger partial charge in [-0.3, -0.25) is 4.79 Å². The first-order chi connectivity index (χ1) is 7.25. The molecule has 1 fully saturated rings. The van der Waals surface area contributed by atoms with Gasteiger partial charge < -0.3 is 9.47 Å². The van der Waals surface area contributed by atoms with Crippen molar-refractivity contribution in [1.29, 1.82) is 0 Å². The molecule has 1 rings (SSSR count). The number of ketones is 1. The molecule has 3 heteroatoms. The van der Waals surface area contributed by atoms with Gasteiger partial charge in [0.25, 0.3) is 0 Å². The van der Waals surface area contributed by atoms with Crippen molar-refractivity contribution < 1.29 is 14.3 Å². The van der Waals surface area contributed by atoms with E-state index in [-0.39, 0.29) is 5.92 Å². The Bertz CT molecular complexity index is 191. The van der Waals surface area contributed by atoms with Crippen molar-refractivity contribution in [2.24, 2.45) is 11.8 Å². The standard InChI is InChI=1S/C12H22O3/c1-10-11(5-6-12(10)13)4-3-7-15-9-8-14-2/h10-11H,3-9H2,1-2H3. The lowest BCUT2D eigenvalue weighted by atomic mass is 9.93. The third-order valence-corrected chi connectivity index (χ3v) is 3.27. The summed E-state index contributed by atoms with van der Waals surface area (Å²) in [5, 5.41) is 0. The molecule has 2 unspecified atom stereocenters. The minimum Gasteiger partial charge on any atom is -0.382 e. The van der Waals surface area contributed by atoms with Gasteiger partial charge in [-0.1, -0.05) is 6.92 Å². The highest BCUT2D eigenvalue weighted by molar-refractivity contribution is 5.82. The van der Waals surface area contributed by atoms with E-state index >= 15 is 0 Å². The molecule has 0 aromatic rings. The minimum atomic E-state index is 0.281. The van der Waals surface area contributed by atoms with Crippen LogP contribution in [0, 0.1) is 11.8 Å². The smallest absolute Gasteiger partial charge is 0.135 e.